The van der Waals surface area contributed by atoms with Gasteiger partial charge in [0.1, 0.15) is 11.6 Å². The minimum atomic E-state index is 0.666. The van der Waals surface area contributed by atoms with Crippen LogP contribution in [0.4, 0.5) is 5.82 Å². The fourth-order valence-electron chi connectivity index (χ4n) is 5.62. The number of aryl methyl sites for hydroxylation is 1. The maximum atomic E-state index is 6.40. The van der Waals surface area contributed by atoms with E-state index in [4.69, 9.17) is 10.7 Å². The van der Waals surface area contributed by atoms with Crippen LogP contribution in [0.3, 0.4) is 0 Å². The topological polar surface area (TPSA) is 43.8 Å². The van der Waals surface area contributed by atoms with Crippen molar-refractivity contribution in [2.45, 2.75) is 58.4 Å². The monoisotopic (exact) mass is 259 g/mol. The molecule has 3 heteroatoms. The molecule has 4 aliphatic rings. The number of aromatic nitrogens is 2. The van der Waals surface area contributed by atoms with Crippen molar-refractivity contribution in [3.63, 3.8) is 0 Å². The largest absolute Gasteiger partial charge is 0.384 e. The van der Waals surface area contributed by atoms with Gasteiger partial charge in [-0.2, -0.15) is 0 Å². The average Bonchev–Trinajstić information content (AvgIpc) is 2.63. The Morgan fingerprint density at radius 1 is 1.11 bits per heavy atom. The van der Waals surface area contributed by atoms with Crippen LogP contribution in [0.2, 0.25) is 0 Å². The van der Waals surface area contributed by atoms with Crippen molar-refractivity contribution in [2.24, 2.45) is 23.7 Å². The van der Waals surface area contributed by atoms with Crippen molar-refractivity contribution in [1.29, 1.82) is 0 Å². The second kappa shape index (κ2) is 4.00. The van der Waals surface area contributed by atoms with Crippen LogP contribution < -0.4 is 5.73 Å². The summed E-state index contributed by atoms with van der Waals surface area (Å²) in [6, 6.07) is 0. The molecule has 2 N–H and O–H groups in total. The molecule has 19 heavy (non-hydrogen) atoms. The van der Waals surface area contributed by atoms with Gasteiger partial charge in [0.05, 0.1) is 5.69 Å². The Bertz CT molecular complexity index is 474. The first-order valence-electron chi connectivity index (χ1n) is 7.99. The standard InChI is InChI=1S/C16H25N3/c1-3-19-9(2)18-15(16(19)17)14-12-5-10-4-11(7-12)8-13(14)6-10/h10-14H,3-8,17H2,1-2H3. The van der Waals surface area contributed by atoms with Gasteiger partial charge in [-0.05, 0) is 69.6 Å². The van der Waals surface area contributed by atoms with Crippen LogP contribution in [0.5, 0.6) is 0 Å². The summed E-state index contributed by atoms with van der Waals surface area (Å²) in [4.78, 5) is 4.87. The Balaban J connectivity index is 1.73. The number of imidazole rings is 1. The fourth-order valence-corrected chi connectivity index (χ4v) is 5.62. The van der Waals surface area contributed by atoms with Gasteiger partial charge in [0, 0.05) is 12.5 Å². The molecular formula is C16H25N3. The lowest BCUT2D eigenvalue weighted by atomic mass is 9.51. The lowest BCUT2D eigenvalue weighted by Gasteiger charge is -2.54. The van der Waals surface area contributed by atoms with Gasteiger partial charge in [0.25, 0.3) is 0 Å². The van der Waals surface area contributed by atoms with Gasteiger partial charge in [-0.15, -0.1) is 0 Å². The lowest BCUT2D eigenvalue weighted by molar-refractivity contribution is -0.00381. The molecule has 4 bridgehead atoms. The number of nitrogens with two attached hydrogens (primary N) is 1. The van der Waals surface area contributed by atoms with Crippen LogP contribution in [-0.4, -0.2) is 9.55 Å². The van der Waals surface area contributed by atoms with E-state index in [1.165, 1.54) is 37.8 Å². The van der Waals surface area contributed by atoms with Crippen molar-refractivity contribution in [2.75, 3.05) is 5.73 Å². The van der Waals surface area contributed by atoms with E-state index in [1.807, 2.05) is 0 Å². The molecule has 0 aromatic carbocycles. The molecule has 104 valence electrons. The van der Waals surface area contributed by atoms with Crippen LogP contribution in [0, 0.1) is 30.6 Å². The molecule has 4 fully saturated rings. The predicted octanol–water partition coefficient (Wildman–Crippen LogP) is 3.33. The average molecular weight is 259 g/mol. The minimum Gasteiger partial charge on any atom is -0.384 e. The maximum Gasteiger partial charge on any atom is 0.127 e. The highest BCUT2D eigenvalue weighted by Crippen LogP contribution is 2.60. The molecule has 0 saturated heterocycles. The summed E-state index contributed by atoms with van der Waals surface area (Å²) in [7, 11) is 0. The zero-order valence-corrected chi connectivity index (χ0v) is 12.1. The van der Waals surface area contributed by atoms with E-state index >= 15 is 0 Å². The van der Waals surface area contributed by atoms with Crippen molar-refractivity contribution in [1.82, 2.24) is 9.55 Å². The summed E-state index contributed by atoms with van der Waals surface area (Å²) in [6.07, 6.45) is 7.27. The lowest BCUT2D eigenvalue weighted by Crippen LogP contribution is -2.44. The van der Waals surface area contributed by atoms with Gasteiger partial charge in [0.15, 0.2) is 0 Å². The van der Waals surface area contributed by atoms with Crippen LogP contribution in [-0.2, 0) is 6.54 Å². The number of anilines is 1. The summed E-state index contributed by atoms with van der Waals surface area (Å²) in [5.41, 5.74) is 7.64. The molecule has 0 spiro atoms. The third-order valence-electron chi connectivity index (χ3n) is 6.08. The van der Waals surface area contributed by atoms with Crippen LogP contribution in [0.1, 0.15) is 56.5 Å². The molecule has 0 unspecified atom stereocenters. The van der Waals surface area contributed by atoms with Gasteiger partial charge < -0.3 is 10.3 Å². The minimum absolute atomic E-state index is 0.666. The van der Waals surface area contributed by atoms with Crippen LogP contribution in [0.15, 0.2) is 0 Å². The first kappa shape index (κ1) is 11.8. The number of rotatable bonds is 2. The molecule has 1 aromatic rings. The van der Waals surface area contributed by atoms with E-state index in [1.54, 1.807) is 0 Å². The summed E-state index contributed by atoms with van der Waals surface area (Å²) >= 11 is 0. The van der Waals surface area contributed by atoms with E-state index in [2.05, 4.69) is 18.4 Å². The van der Waals surface area contributed by atoms with Crippen molar-refractivity contribution < 1.29 is 0 Å². The van der Waals surface area contributed by atoms with Gasteiger partial charge in [-0.25, -0.2) is 4.98 Å². The molecule has 0 aliphatic heterocycles. The van der Waals surface area contributed by atoms with E-state index in [0.717, 1.165) is 41.9 Å². The highest BCUT2D eigenvalue weighted by Gasteiger charge is 2.50. The third kappa shape index (κ3) is 1.60. The summed E-state index contributed by atoms with van der Waals surface area (Å²) in [5, 5.41) is 0. The van der Waals surface area contributed by atoms with Crippen molar-refractivity contribution in [3.8, 4) is 0 Å². The van der Waals surface area contributed by atoms with Crippen LogP contribution in [0.25, 0.3) is 0 Å². The normalized spacial score (nSPS) is 40.0. The second-order valence-electron chi connectivity index (χ2n) is 7.13. The number of hydrogen-bond donors (Lipinski definition) is 1. The van der Waals surface area contributed by atoms with Gasteiger partial charge in [-0.1, -0.05) is 0 Å². The molecular weight excluding hydrogens is 234 g/mol. The Morgan fingerprint density at radius 3 is 2.16 bits per heavy atom. The van der Waals surface area contributed by atoms with Crippen molar-refractivity contribution >= 4 is 5.82 Å². The zero-order valence-electron chi connectivity index (χ0n) is 12.1. The Kier molecular flexibility index (Phi) is 2.49. The smallest absolute Gasteiger partial charge is 0.127 e. The molecule has 1 heterocycles. The quantitative estimate of drug-likeness (QED) is 0.885. The number of hydrogen-bond acceptors (Lipinski definition) is 2. The molecule has 1 aromatic heterocycles. The molecule has 0 radical (unpaired) electrons. The van der Waals surface area contributed by atoms with Gasteiger partial charge >= 0.3 is 0 Å². The molecule has 0 atom stereocenters. The molecule has 4 saturated carbocycles. The zero-order chi connectivity index (χ0) is 13.1. The predicted molar refractivity (Wildman–Crippen MR) is 76.8 cm³/mol. The molecule has 4 aliphatic carbocycles. The maximum absolute atomic E-state index is 6.40. The molecule has 5 rings (SSSR count). The second-order valence-corrected chi connectivity index (χ2v) is 7.13. The van der Waals surface area contributed by atoms with Crippen molar-refractivity contribution in [3.05, 3.63) is 11.5 Å². The first-order valence-corrected chi connectivity index (χ1v) is 7.99. The highest BCUT2D eigenvalue weighted by atomic mass is 15.1. The summed E-state index contributed by atoms with van der Waals surface area (Å²) < 4.78 is 2.18. The van der Waals surface area contributed by atoms with Gasteiger partial charge in [-0.3, -0.25) is 0 Å². The Labute approximate surface area is 115 Å². The SMILES string of the molecule is CCn1c(C)nc(C2C3CC4CC(C3)CC2C4)c1N. The highest BCUT2D eigenvalue weighted by molar-refractivity contribution is 5.42. The molecule has 3 nitrogen and oxygen atoms in total. The Hall–Kier alpha value is -0.990. The fraction of sp³-hybridized carbons (Fsp3) is 0.812. The third-order valence-corrected chi connectivity index (χ3v) is 6.08. The van der Waals surface area contributed by atoms with E-state index < -0.39 is 0 Å². The van der Waals surface area contributed by atoms with Gasteiger partial charge in [0.2, 0.25) is 0 Å². The van der Waals surface area contributed by atoms with Crippen LogP contribution >= 0.6 is 0 Å². The summed E-state index contributed by atoms with van der Waals surface area (Å²) in [5.74, 6) is 6.51. The summed E-state index contributed by atoms with van der Waals surface area (Å²) in [6.45, 7) is 5.20. The van der Waals surface area contributed by atoms with E-state index in [-0.39, 0.29) is 0 Å². The molecule has 0 amide bonds. The van der Waals surface area contributed by atoms with E-state index in [0.29, 0.717) is 5.92 Å². The first-order chi connectivity index (χ1) is 9.17. The number of nitrogens with zero attached hydrogens (tertiary/aromatic N) is 2. The number of nitrogen functional groups attached to an aromatic ring is 1. The Morgan fingerprint density at radius 2 is 1.68 bits per heavy atom. The van der Waals surface area contributed by atoms with E-state index in [9.17, 15) is 0 Å².